The molecule has 6 heteroatoms. The first-order chi connectivity index (χ1) is 8.51. The van der Waals surface area contributed by atoms with Gasteiger partial charge < -0.3 is 29.9 Å². The van der Waals surface area contributed by atoms with Crippen molar-refractivity contribution < 1.29 is 29.9 Å². The lowest BCUT2D eigenvalue weighted by molar-refractivity contribution is -0.310. The second kappa shape index (κ2) is 7.37. The molecule has 1 rings (SSSR count). The molecule has 0 spiro atoms. The van der Waals surface area contributed by atoms with Gasteiger partial charge in [0, 0.05) is 0 Å². The van der Waals surface area contributed by atoms with E-state index in [4.69, 9.17) is 14.6 Å². The van der Waals surface area contributed by atoms with E-state index in [0.717, 1.165) is 19.3 Å². The third-order valence-corrected chi connectivity index (χ3v) is 3.18. The predicted octanol–water partition coefficient (Wildman–Crippen LogP) is -0.618. The molecule has 6 nitrogen and oxygen atoms in total. The van der Waals surface area contributed by atoms with Crippen LogP contribution in [0.25, 0.3) is 0 Å². The van der Waals surface area contributed by atoms with Crippen LogP contribution in [0.5, 0.6) is 0 Å². The average Bonchev–Trinajstić information content (AvgIpc) is 2.37. The number of hydrogen-bond donors (Lipinski definition) is 4. The normalized spacial score (nSPS) is 38.7. The highest BCUT2D eigenvalue weighted by molar-refractivity contribution is 4.89. The van der Waals surface area contributed by atoms with Gasteiger partial charge in [-0.3, -0.25) is 0 Å². The van der Waals surface area contributed by atoms with Crippen molar-refractivity contribution in [2.24, 2.45) is 0 Å². The highest BCUT2D eigenvalue weighted by atomic mass is 16.7. The Bertz CT molecular complexity index is 235. The molecule has 1 saturated heterocycles. The minimum atomic E-state index is -1.38. The molecule has 0 aliphatic carbocycles. The summed E-state index contributed by atoms with van der Waals surface area (Å²) in [6, 6.07) is 0. The Morgan fingerprint density at radius 2 is 1.83 bits per heavy atom. The van der Waals surface area contributed by atoms with Crippen molar-refractivity contribution in [3.63, 3.8) is 0 Å². The predicted molar refractivity (Wildman–Crippen MR) is 63.8 cm³/mol. The van der Waals surface area contributed by atoms with Crippen LogP contribution in [0.2, 0.25) is 0 Å². The molecule has 1 aliphatic rings. The first kappa shape index (κ1) is 15.8. The number of rotatable bonds is 6. The van der Waals surface area contributed by atoms with Crippen LogP contribution in [0.4, 0.5) is 0 Å². The van der Waals surface area contributed by atoms with E-state index in [1.54, 1.807) is 0 Å². The summed E-state index contributed by atoms with van der Waals surface area (Å²) in [6.07, 6.45) is -3.21. The first-order valence-corrected chi connectivity index (χ1v) is 6.47. The Hall–Kier alpha value is -0.240. The molecule has 0 radical (unpaired) electrons. The highest BCUT2D eigenvalue weighted by Crippen LogP contribution is 2.23. The van der Waals surface area contributed by atoms with E-state index < -0.39 is 37.3 Å². The van der Waals surface area contributed by atoms with E-state index in [1.165, 1.54) is 0 Å². The molecule has 0 aromatic rings. The summed E-state index contributed by atoms with van der Waals surface area (Å²) in [5, 5.41) is 38.0. The van der Waals surface area contributed by atoms with Crippen LogP contribution in [0.1, 0.15) is 33.1 Å². The van der Waals surface area contributed by atoms with Gasteiger partial charge in [-0.15, -0.1) is 0 Å². The van der Waals surface area contributed by atoms with Gasteiger partial charge in [-0.1, -0.05) is 19.8 Å². The van der Waals surface area contributed by atoms with Gasteiger partial charge in [0.2, 0.25) is 0 Å². The topological polar surface area (TPSA) is 99.4 Å². The van der Waals surface area contributed by atoms with Crippen LogP contribution in [-0.4, -0.2) is 63.8 Å². The van der Waals surface area contributed by atoms with E-state index in [0.29, 0.717) is 0 Å². The number of unbranched alkanes of at least 4 members (excludes halogenated alkanes) is 1. The molecule has 0 aromatic carbocycles. The summed E-state index contributed by atoms with van der Waals surface area (Å²) in [5.74, 6) is 0. The van der Waals surface area contributed by atoms with Crippen molar-refractivity contribution in [1.29, 1.82) is 0 Å². The monoisotopic (exact) mass is 264 g/mol. The van der Waals surface area contributed by atoms with Crippen LogP contribution >= 0.6 is 0 Å². The van der Waals surface area contributed by atoms with Crippen LogP contribution in [0.3, 0.4) is 0 Å². The zero-order chi connectivity index (χ0) is 13.7. The number of aliphatic hydroxyl groups excluding tert-OH is 4. The van der Waals surface area contributed by atoms with Crippen molar-refractivity contribution in [3.8, 4) is 0 Å². The Morgan fingerprint density at radius 3 is 2.39 bits per heavy atom. The third-order valence-electron chi connectivity index (χ3n) is 3.18. The van der Waals surface area contributed by atoms with Gasteiger partial charge in [0.05, 0.1) is 12.7 Å². The fourth-order valence-corrected chi connectivity index (χ4v) is 1.97. The van der Waals surface area contributed by atoms with E-state index >= 15 is 0 Å². The second-order valence-corrected chi connectivity index (χ2v) is 4.79. The number of aliphatic hydroxyl groups is 4. The summed E-state index contributed by atoms with van der Waals surface area (Å²) in [4.78, 5) is 0. The SMILES string of the molecule is CCCCC(C)OC1OC(CO)C(O)C(O)C1O. The molecule has 18 heavy (non-hydrogen) atoms. The third kappa shape index (κ3) is 3.88. The quantitative estimate of drug-likeness (QED) is 0.510. The van der Waals surface area contributed by atoms with E-state index in [1.807, 2.05) is 6.92 Å². The Labute approximate surface area is 107 Å². The summed E-state index contributed by atoms with van der Waals surface area (Å²) in [7, 11) is 0. The van der Waals surface area contributed by atoms with Gasteiger partial charge in [-0.2, -0.15) is 0 Å². The molecule has 6 atom stereocenters. The lowest BCUT2D eigenvalue weighted by Gasteiger charge is -2.40. The van der Waals surface area contributed by atoms with Crippen molar-refractivity contribution >= 4 is 0 Å². The summed E-state index contributed by atoms with van der Waals surface area (Å²) in [6.45, 7) is 3.49. The molecule has 1 heterocycles. The fraction of sp³-hybridized carbons (Fsp3) is 1.00. The van der Waals surface area contributed by atoms with Crippen LogP contribution in [-0.2, 0) is 9.47 Å². The van der Waals surface area contributed by atoms with Crippen LogP contribution in [0, 0.1) is 0 Å². The molecule has 1 fully saturated rings. The summed E-state index contributed by atoms with van der Waals surface area (Å²) >= 11 is 0. The zero-order valence-corrected chi connectivity index (χ0v) is 10.9. The minimum absolute atomic E-state index is 0.119. The summed E-state index contributed by atoms with van der Waals surface area (Å²) < 4.78 is 10.8. The van der Waals surface area contributed by atoms with Crippen molar-refractivity contribution in [3.05, 3.63) is 0 Å². The average molecular weight is 264 g/mol. The minimum Gasteiger partial charge on any atom is -0.394 e. The fourth-order valence-electron chi connectivity index (χ4n) is 1.97. The molecule has 6 unspecified atom stereocenters. The number of hydrogen-bond acceptors (Lipinski definition) is 6. The van der Waals surface area contributed by atoms with Gasteiger partial charge in [-0.05, 0) is 13.3 Å². The van der Waals surface area contributed by atoms with Gasteiger partial charge in [-0.25, -0.2) is 0 Å². The van der Waals surface area contributed by atoms with E-state index in [2.05, 4.69) is 6.92 Å². The molecule has 1 aliphatic heterocycles. The van der Waals surface area contributed by atoms with Crippen LogP contribution in [0.15, 0.2) is 0 Å². The smallest absolute Gasteiger partial charge is 0.186 e. The standard InChI is InChI=1S/C12H24O6/c1-3-4-5-7(2)17-12-11(16)10(15)9(14)8(6-13)18-12/h7-16H,3-6H2,1-2H3. The lowest BCUT2D eigenvalue weighted by Crippen LogP contribution is -2.59. The summed E-state index contributed by atoms with van der Waals surface area (Å²) in [5.41, 5.74) is 0. The maximum atomic E-state index is 9.75. The zero-order valence-electron chi connectivity index (χ0n) is 10.9. The Balaban J connectivity index is 2.53. The lowest BCUT2D eigenvalue weighted by atomic mass is 9.99. The molecule has 0 bridgehead atoms. The molecule has 108 valence electrons. The molecule has 0 saturated carbocycles. The molecular formula is C12H24O6. The number of ether oxygens (including phenoxy) is 2. The molecule has 0 amide bonds. The van der Waals surface area contributed by atoms with E-state index in [-0.39, 0.29) is 6.10 Å². The van der Waals surface area contributed by atoms with Gasteiger partial charge in [0.15, 0.2) is 6.29 Å². The van der Waals surface area contributed by atoms with Gasteiger partial charge >= 0.3 is 0 Å². The highest BCUT2D eigenvalue weighted by Gasteiger charge is 2.44. The van der Waals surface area contributed by atoms with Gasteiger partial charge in [0.1, 0.15) is 24.4 Å². The Kier molecular flexibility index (Phi) is 6.48. The molecule has 0 aromatic heterocycles. The maximum absolute atomic E-state index is 9.75. The maximum Gasteiger partial charge on any atom is 0.186 e. The molecular weight excluding hydrogens is 240 g/mol. The van der Waals surface area contributed by atoms with E-state index in [9.17, 15) is 15.3 Å². The Morgan fingerprint density at radius 1 is 1.17 bits per heavy atom. The van der Waals surface area contributed by atoms with Crippen molar-refractivity contribution in [2.75, 3.05) is 6.61 Å². The largest absolute Gasteiger partial charge is 0.394 e. The van der Waals surface area contributed by atoms with Gasteiger partial charge in [0.25, 0.3) is 0 Å². The molecule has 4 N–H and O–H groups in total. The van der Waals surface area contributed by atoms with Crippen molar-refractivity contribution in [1.82, 2.24) is 0 Å². The second-order valence-electron chi connectivity index (χ2n) is 4.79. The van der Waals surface area contributed by atoms with Crippen molar-refractivity contribution in [2.45, 2.75) is 69.9 Å². The van der Waals surface area contributed by atoms with Crippen LogP contribution < -0.4 is 0 Å². The first-order valence-electron chi connectivity index (χ1n) is 6.47.